The molecule has 0 unspecified atom stereocenters. The van der Waals surface area contributed by atoms with Gasteiger partial charge in [-0.2, -0.15) is 0 Å². The van der Waals surface area contributed by atoms with Crippen LogP contribution < -0.4 is 0 Å². The van der Waals surface area contributed by atoms with E-state index in [4.69, 9.17) is 9.97 Å². The van der Waals surface area contributed by atoms with Crippen molar-refractivity contribution in [2.24, 2.45) is 5.92 Å². The number of halogens is 2. The molecule has 4 rings (SSSR count). The van der Waals surface area contributed by atoms with Gasteiger partial charge in [0.2, 0.25) is 0 Å². The summed E-state index contributed by atoms with van der Waals surface area (Å²) >= 11 is 7.22. The number of aromatic nitrogens is 2. The number of hydrogen-bond acceptors (Lipinski definition) is 2. The van der Waals surface area contributed by atoms with Gasteiger partial charge in [0.15, 0.2) is 0 Å². The summed E-state index contributed by atoms with van der Waals surface area (Å²) in [6.45, 7) is 4.43. The van der Waals surface area contributed by atoms with Crippen molar-refractivity contribution < 1.29 is 0 Å². The van der Waals surface area contributed by atoms with Crippen molar-refractivity contribution in [3.05, 3.63) is 62.3 Å². The predicted molar refractivity (Wildman–Crippen MR) is 113 cm³/mol. The van der Waals surface area contributed by atoms with Crippen LogP contribution in [0.25, 0.3) is 27.9 Å². The van der Waals surface area contributed by atoms with E-state index in [0.29, 0.717) is 5.92 Å². The minimum atomic E-state index is 0.562. The third kappa shape index (κ3) is 3.18. The molecule has 2 nitrogen and oxygen atoms in total. The maximum atomic E-state index is 5.00. The Bertz CT molecular complexity index is 1050. The van der Waals surface area contributed by atoms with Gasteiger partial charge in [-0.15, -0.1) is 0 Å². The first kappa shape index (κ1) is 16.9. The first-order valence-corrected chi connectivity index (χ1v) is 10.0. The van der Waals surface area contributed by atoms with Gasteiger partial charge in [0.05, 0.1) is 16.7 Å². The number of fused-ring (bicyclic) bond motifs is 6. The summed E-state index contributed by atoms with van der Waals surface area (Å²) in [5.41, 5.74) is 5.57. The van der Waals surface area contributed by atoms with Crippen LogP contribution in [0.3, 0.4) is 0 Å². The number of benzene rings is 2. The molecule has 0 radical (unpaired) electrons. The van der Waals surface area contributed by atoms with E-state index in [9.17, 15) is 0 Å². The molecule has 0 atom stereocenters. The van der Waals surface area contributed by atoms with Crippen LogP contribution in [0.4, 0.5) is 0 Å². The van der Waals surface area contributed by atoms with E-state index in [1.54, 1.807) is 0 Å². The fraction of sp³-hybridized carbons (Fsp3) is 0.238. The van der Waals surface area contributed by atoms with E-state index in [1.165, 1.54) is 16.5 Å². The molecule has 0 aliphatic heterocycles. The van der Waals surface area contributed by atoms with E-state index in [0.717, 1.165) is 43.9 Å². The zero-order valence-corrected chi connectivity index (χ0v) is 17.4. The highest BCUT2D eigenvalue weighted by atomic mass is 79.9. The minimum absolute atomic E-state index is 0.562. The first-order chi connectivity index (χ1) is 12.0. The summed E-state index contributed by atoms with van der Waals surface area (Å²) in [4.78, 5) is 9.84. The summed E-state index contributed by atoms with van der Waals surface area (Å²) in [5.74, 6) is 0.562. The topological polar surface area (TPSA) is 25.8 Å². The van der Waals surface area contributed by atoms with Crippen molar-refractivity contribution >= 4 is 59.7 Å². The van der Waals surface area contributed by atoms with E-state index in [2.05, 4.69) is 82.1 Å². The van der Waals surface area contributed by atoms with E-state index < -0.39 is 0 Å². The van der Waals surface area contributed by atoms with Crippen molar-refractivity contribution in [3.8, 4) is 0 Å². The molecule has 2 aromatic carbocycles. The zero-order chi connectivity index (χ0) is 17.6. The lowest BCUT2D eigenvalue weighted by Gasteiger charge is -2.14. The van der Waals surface area contributed by atoms with Crippen molar-refractivity contribution in [2.75, 3.05) is 0 Å². The van der Waals surface area contributed by atoms with Crippen LogP contribution in [-0.2, 0) is 12.8 Å². The summed E-state index contributed by atoms with van der Waals surface area (Å²) in [6, 6.07) is 6.44. The van der Waals surface area contributed by atoms with Crippen molar-refractivity contribution in [2.45, 2.75) is 26.7 Å². The first-order valence-electron chi connectivity index (χ1n) is 8.46. The molecule has 0 N–H and O–H groups in total. The van der Waals surface area contributed by atoms with E-state index in [-0.39, 0.29) is 0 Å². The Morgan fingerprint density at radius 1 is 1.08 bits per heavy atom. The second kappa shape index (κ2) is 6.65. The van der Waals surface area contributed by atoms with Gasteiger partial charge < -0.3 is 0 Å². The lowest BCUT2D eigenvalue weighted by atomic mass is 9.95. The number of allylic oxidation sites excluding steroid dienone is 3. The highest BCUT2D eigenvalue weighted by molar-refractivity contribution is 9.12. The lowest BCUT2D eigenvalue weighted by Crippen LogP contribution is -2.02. The molecule has 4 heteroatoms. The molecule has 1 heterocycles. The fourth-order valence-corrected chi connectivity index (χ4v) is 4.07. The Labute approximate surface area is 164 Å². The van der Waals surface area contributed by atoms with Gasteiger partial charge in [0.1, 0.15) is 0 Å². The SMILES string of the molecule is CC(C)Cc1cnc2c3c(c4ccc(Br)cc4c2n1)C=CC(Br)=CC3. The molecule has 25 heavy (non-hydrogen) atoms. The molecule has 0 saturated carbocycles. The molecule has 0 amide bonds. The van der Waals surface area contributed by atoms with Gasteiger partial charge in [-0.05, 0) is 53.5 Å². The van der Waals surface area contributed by atoms with Gasteiger partial charge in [0, 0.05) is 20.5 Å². The molecular weight excluding hydrogens is 440 g/mol. The van der Waals surface area contributed by atoms with Crippen LogP contribution in [-0.4, -0.2) is 9.97 Å². The van der Waals surface area contributed by atoms with Crippen molar-refractivity contribution in [3.63, 3.8) is 0 Å². The maximum Gasteiger partial charge on any atom is 0.0972 e. The Hall–Kier alpha value is -1.52. The van der Waals surface area contributed by atoms with Gasteiger partial charge in [-0.1, -0.05) is 63.9 Å². The molecule has 3 aromatic rings. The quantitative estimate of drug-likeness (QED) is 0.405. The number of nitrogens with zero attached hydrogens (tertiary/aromatic N) is 2. The van der Waals surface area contributed by atoms with Crippen LogP contribution in [0, 0.1) is 5.92 Å². The zero-order valence-electron chi connectivity index (χ0n) is 14.2. The second-order valence-corrected chi connectivity index (χ2v) is 8.70. The number of hydrogen-bond donors (Lipinski definition) is 0. The maximum absolute atomic E-state index is 5.00. The minimum Gasteiger partial charge on any atom is -0.252 e. The lowest BCUT2D eigenvalue weighted by molar-refractivity contribution is 0.635. The normalized spacial score (nSPS) is 14.0. The van der Waals surface area contributed by atoms with Crippen LogP contribution in [0.2, 0.25) is 0 Å². The Morgan fingerprint density at radius 3 is 2.72 bits per heavy atom. The van der Waals surface area contributed by atoms with Gasteiger partial charge in [-0.25, -0.2) is 4.98 Å². The Morgan fingerprint density at radius 2 is 1.92 bits per heavy atom. The van der Waals surface area contributed by atoms with Crippen LogP contribution in [0.1, 0.15) is 30.7 Å². The van der Waals surface area contributed by atoms with Crippen LogP contribution >= 0.6 is 31.9 Å². The van der Waals surface area contributed by atoms with E-state index in [1.807, 2.05) is 6.20 Å². The molecule has 126 valence electrons. The van der Waals surface area contributed by atoms with Gasteiger partial charge in [-0.3, -0.25) is 4.98 Å². The Kier molecular flexibility index (Phi) is 4.50. The molecule has 0 saturated heterocycles. The summed E-state index contributed by atoms with van der Waals surface area (Å²) in [5, 5.41) is 2.39. The molecule has 1 aromatic heterocycles. The second-order valence-electron chi connectivity index (χ2n) is 6.87. The summed E-state index contributed by atoms with van der Waals surface area (Å²) < 4.78 is 2.17. The van der Waals surface area contributed by atoms with Crippen molar-refractivity contribution in [1.29, 1.82) is 0 Å². The third-order valence-corrected chi connectivity index (χ3v) is 5.57. The molecule has 1 aliphatic carbocycles. The van der Waals surface area contributed by atoms with Crippen LogP contribution in [0.5, 0.6) is 0 Å². The molecule has 1 aliphatic rings. The molecular formula is C21H18Br2N2. The van der Waals surface area contributed by atoms with Gasteiger partial charge in [0.25, 0.3) is 0 Å². The summed E-state index contributed by atoms with van der Waals surface area (Å²) in [6.07, 6.45) is 10.2. The molecule has 0 fully saturated rings. The predicted octanol–water partition coefficient (Wildman–Crippen LogP) is 6.59. The Balaban J connectivity index is 2.10. The highest BCUT2D eigenvalue weighted by Crippen LogP contribution is 2.36. The standard InChI is InChI=1S/C21H18Br2N2/c1-12(2)9-15-11-24-20-18-8-4-13(22)3-6-16(18)17-7-5-14(23)10-19(17)21(20)25-15/h3-7,10-12H,8-9H2,1-2H3. The average Bonchev–Trinajstić information content (AvgIpc) is 2.77. The van der Waals surface area contributed by atoms with E-state index >= 15 is 0 Å². The monoisotopic (exact) mass is 456 g/mol. The molecule has 0 spiro atoms. The third-order valence-electron chi connectivity index (χ3n) is 4.49. The van der Waals surface area contributed by atoms with Gasteiger partial charge >= 0.3 is 0 Å². The highest BCUT2D eigenvalue weighted by Gasteiger charge is 2.17. The smallest absolute Gasteiger partial charge is 0.0972 e. The average molecular weight is 458 g/mol. The van der Waals surface area contributed by atoms with Crippen molar-refractivity contribution in [1.82, 2.24) is 9.97 Å². The van der Waals surface area contributed by atoms with Crippen LogP contribution in [0.15, 0.2) is 45.5 Å². The molecule has 0 bridgehead atoms. The fourth-order valence-electron chi connectivity index (χ4n) is 3.42. The number of rotatable bonds is 2. The largest absolute Gasteiger partial charge is 0.252 e. The summed E-state index contributed by atoms with van der Waals surface area (Å²) in [7, 11) is 0.